The number of rotatable bonds is 15. The first-order valence-electron chi connectivity index (χ1n) is 17.2. The Morgan fingerprint density at radius 2 is 1.78 bits per heavy atom. The number of fused-ring (bicyclic) bond motifs is 1. The fraction of sp³-hybridized carbons (Fsp3) is 0.359. The van der Waals surface area contributed by atoms with Crippen LogP contribution >= 0.6 is 27.5 Å². The van der Waals surface area contributed by atoms with Gasteiger partial charge in [0.25, 0.3) is 0 Å². The lowest BCUT2D eigenvalue weighted by Crippen LogP contribution is -2.36. The van der Waals surface area contributed by atoms with Gasteiger partial charge in [0.05, 0.1) is 35.0 Å². The first-order chi connectivity index (χ1) is 24.8. The van der Waals surface area contributed by atoms with Crippen LogP contribution in [0.15, 0.2) is 77.7 Å². The maximum absolute atomic E-state index is 9.81. The van der Waals surface area contributed by atoms with Crippen LogP contribution in [0, 0.1) is 11.3 Å². The van der Waals surface area contributed by atoms with Crippen molar-refractivity contribution in [3.05, 3.63) is 105 Å². The van der Waals surface area contributed by atoms with E-state index in [1.165, 1.54) is 6.20 Å². The summed E-state index contributed by atoms with van der Waals surface area (Å²) < 4.78 is 15.6. The molecular weight excluding hydrogens is 732 g/mol. The molecule has 0 aliphatic carbocycles. The van der Waals surface area contributed by atoms with E-state index in [1.807, 2.05) is 31.3 Å². The third kappa shape index (κ3) is 9.26. The van der Waals surface area contributed by atoms with E-state index >= 15 is 0 Å². The molecule has 0 spiro atoms. The molecule has 10 nitrogen and oxygen atoms in total. The van der Waals surface area contributed by atoms with Crippen LogP contribution < -0.4 is 14.8 Å². The maximum atomic E-state index is 9.81. The highest BCUT2D eigenvalue weighted by molar-refractivity contribution is 9.10. The number of likely N-dealkylation sites (tertiary alicyclic amines) is 1. The Morgan fingerprint density at radius 1 is 1.00 bits per heavy atom. The van der Waals surface area contributed by atoms with E-state index in [4.69, 9.17) is 26.2 Å². The number of aliphatic hydroxyl groups is 2. The normalized spacial score (nSPS) is 14.4. The number of benzene rings is 3. The maximum Gasteiger partial charge on any atom is 0.142 e. The van der Waals surface area contributed by atoms with Crippen molar-refractivity contribution < 1.29 is 19.7 Å². The number of aliphatic hydroxyl groups excluding tert-OH is 2. The molecule has 1 aliphatic heterocycles. The largest absolute Gasteiger partial charge is 0.488 e. The van der Waals surface area contributed by atoms with E-state index in [-0.39, 0.29) is 32.0 Å². The zero-order valence-corrected chi connectivity index (χ0v) is 30.9. The minimum Gasteiger partial charge on any atom is -0.488 e. The Morgan fingerprint density at radius 3 is 2.59 bits per heavy atom. The average Bonchev–Trinajstić information content (AvgIpc) is 3.57. The first-order valence-corrected chi connectivity index (χ1v) is 18.4. The lowest BCUT2D eigenvalue weighted by atomic mass is 10.00. The fourth-order valence-electron chi connectivity index (χ4n) is 6.25. The molecule has 0 bridgehead atoms. The molecule has 51 heavy (non-hydrogen) atoms. The monoisotopic (exact) mass is 772 g/mol. The van der Waals surface area contributed by atoms with Gasteiger partial charge in [0, 0.05) is 77.2 Å². The average molecular weight is 774 g/mol. The van der Waals surface area contributed by atoms with E-state index in [2.05, 4.69) is 66.1 Å². The van der Waals surface area contributed by atoms with Gasteiger partial charge in [-0.3, -0.25) is 9.67 Å². The number of ether oxygens (including phenoxy) is 2. The van der Waals surface area contributed by atoms with E-state index in [0.717, 1.165) is 88.6 Å². The first kappa shape index (κ1) is 36.8. The molecule has 2 aromatic heterocycles. The van der Waals surface area contributed by atoms with Gasteiger partial charge >= 0.3 is 0 Å². The molecule has 3 heterocycles. The summed E-state index contributed by atoms with van der Waals surface area (Å²) in [5, 5.41) is 38.2. The van der Waals surface area contributed by atoms with Gasteiger partial charge in [-0.25, -0.2) is 0 Å². The summed E-state index contributed by atoms with van der Waals surface area (Å²) in [4.78, 5) is 6.56. The van der Waals surface area contributed by atoms with Crippen LogP contribution in [0.2, 0.25) is 5.02 Å². The number of halogens is 2. The number of aromatic nitrogens is 3. The summed E-state index contributed by atoms with van der Waals surface area (Å²) >= 11 is 10.6. The minimum atomic E-state index is -0.157. The smallest absolute Gasteiger partial charge is 0.142 e. The van der Waals surface area contributed by atoms with Crippen LogP contribution in [0.1, 0.15) is 48.4 Å². The van der Waals surface area contributed by atoms with Crippen molar-refractivity contribution in [2.75, 3.05) is 26.2 Å². The Labute approximate surface area is 311 Å². The fourth-order valence-corrected chi connectivity index (χ4v) is 7.09. The second-order valence-electron chi connectivity index (χ2n) is 12.9. The highest BCUT2D eigenvalue weighted by Gasteiger charge is 2.18. The lowest BCUT2D eigenvalue weighted by Gasteiger charge is -2.29. The molecule has 1 saturated heterocycles. The Hall–Kier alpha value is -4.02. The summed E-state index contributed by atoms with van der Waals surface area (Å²) in [6.45, 7) is 6.48. The Bertz CT molecular complexity index is 1990. The van der Waals surface area contributed by atoms with E-state index in [9.17, 15) is 15.5 Å². The van der Waals surface area contributed by atoms with Crippen LogP contribution in [0.3, 0.4) is 0 Å². The number of pyridine rings is 1. The number of hydrogen-bond acceptors (Lipinski definition) is 9. The third-order valence-corrected chi connectivity index (χ3v) is 10.4. The predicted molar refractivity (Wildman–Crippen MR) is 202 cm³/mol. The van der Waals surface area contributed by atoms with E-state index < -0.39 is 0 Å². The van der Waals surface area contributed by atoms with E-state index in [0.29, 0.717) is 28.6 Å². The number of piperidine rings is 1. The molecule has 0 amide bonds. The van der Waals surface area contributed by atoms with Gasteiger partial charge in [0.1, 0.15) is 30.8 Å². The second kappa shape index (κ2) is 17.5. The molecule has 12 heteroatoms. The summed E-state index contributed by atoms with van der Waals surface area (Å²) in [6, 6.07) is 19.8. The van der Waals surface area contributed by atoms with Crippen LogP contribution in [-0.2, 0) is 26.3 Å². The van der Waals surface area contributed by atoms with Crippen molar-refractivity contribution in [2.24, 2.45) is 0 Å². The van der Waals surface area contributed by atoms with Crippen LogP contribution in [0.5, 0.6) is 11.5 Å². The van der Waals surface area contributed by atoms with Crippen molar-refractivity contribution in [1.82, 2.24) is 25.0 Å². The molecule has 0 saturated carbocycles. The SMILES string of the molecule is CC(CO)NCc1cc(Cl)c(OCc2cccc(-c3cccc4c3cnn4CCCN3CCC(O)CC3)c2Br)cc1OCc1cncc(C#N)c1. The number of nitriles is 1. The molecule has 1 fully saturated rings. The number of hydrogen-bond donors (Lipinski definition) is 3. The van der Waals surface area contributed by atoms with Gasteiger partial charge in [-0.1, -0.05) is 41.9 Å². The highest BCUT2D eigenvalue weighted by Crippen LogP contribution is 2.38. The van der Waals surface area contributed by atoms with Gasteiger partial charge in [0.2, 0.25) is 0 Å². The van der Waals surface area contributed by atoms with Crippen molar-refractivity contribution >= 4 is 38.4 Å². The third-order valence-electron chi connectivity index (χ3n) is 9.19. The number of aryl methyl sites for hydroxylation is 1. The van der Waals surface area contributed by atoms with Gasteiger partial charge in [0.15, 0.2) is 0 Å². The predicted octanol–water partition coefficient (Wildman–Crippen LogP) is 6.86. The Balaban J connectivity index is 1.18. The van der Waals surface area contributed by atoms with Crippen LogP contribution in [-0.4, -0.2) is 68.3 Å². The number of nitrogens with one attached hydrogen (secondary N) is 1. The van der Waals surface area contributed by atoms with Crippen LogP contribution in [0.4, 0.5) is 0 Å². The second-order valence-corrected chi connectivity index (χ2v) is 14.1. The van der Waals surface area contributed by atoms with Crippen molar-refractivity contribution in [3.8, 4) is 28.7 Å². The van der Waals surface area contributed by atoms with Crippen molar-refractivity contribution in [1.29, 1.82) is 5.26 Å². The Kier molecular flexibility index (Phi) is 12.6. The van der Waals surface area contributed by atoms with Gasteiger partial charge in [-0.2, -0.15) is 10.4 Å². The summed E-state index contributed by atoms with van der Waals surface area (Å²) in [6.07, 6.45) is 7.66. The molecule has 5 aromatic rings. The van der Waals surface area contributed by atoms with Crippen LogP contribution in [0.25, 0.3) is 22.0 Å². The molecule has 0 radical (unpaired) electrons. The topological polar surface area (TPSA) is 129 Å². The molecule has 3 aromatic carbocycles. The molecule has 6 rings (SSSR count). The molecule has 1 unspecified atom stereocenters. The molecular formula is C39H42BrClN6O4. The quantitative estimate of drug-likeness (QED) is 0.105. The van der Waals surface area contributed by atoms with Gasteiger partial charge < -0.3 is 29.9 Å². The zero-order valence-electron chi connectivity index (χ0n) is 28.6. The molecule has 1 atom stereocenters. The summed E-state index contributed by atoms with van der Waals surface area (Å²) in [5.74, 6) is 1.04. The minimum absolute atomic E-state index is 0.00554. The number of nitrogens with zero attached hydrogens (tertiary/aromatic N) is 5. The molecule has 1 aliphatic rings. The standard InChI is InChI=1S/C39H42BrClN6O4/c1-26(23-48)44-21-30-16-35(41)38(17-37(30)50-24-28-15-27(18-42)19-43-20-28)51-25-29-5-2-7-33(39(29)40)32-6-3-8-36-34(32)22-45-47(36)12-4-11-46-13-9-31(49)10-14-46/h2-3,5-8,15-17,19-20,22,26,31,44,48-49H,4,9-14,21,23-25H2,1H3. The summed E-state index contributed by atoms with van der Waals surface area (Å²) in [5.41, 5.74) is 6.18. The lowest BCUT2D eigenvalue weighted by molar-refractivity contribution is 0.0814. The van der Waals surface area contributed by atoms with Gasteiger partial charge in [-0.05, 0) is 78.0 Å². The molecule has 266 valence electrons. The van der Waals surface area contributed by atoms with Gasteiger partial charge in [-0.15, -0.1) is 0 Å². The summed E-state index contributed by atoms with van der Waals surface area (Å²) in [7, 11) is 0. The van der Waals surface area contributed by atoms with Crippen molar-refractivity contribution in [3.63, 3.8) is 0 Å². The van der Waals surface area contributed by atoms with E-state index in [1.54, 1.807) is 18.3 Å². The van der Waals surface area contributed by atoms with Crippen molar-refractivity contribution in [2.45, 2.75) is 64.6 Å². The molecule has 3 N–H and O–H groups in total. The highest BCUT2D eigenvalue weighted by atomic mass is 79.9. The zero-order chi connectivity index (χ0) is 35.7.